The van der Waals surface area contributed by atoms with E-state index in [2.05, 4.69) is 28.2 Å². The molecule has 4 heteroatoms. The fourth-order valence-electron chi connectivity index (χ4n) is 1.63. The van der Waals surface area contributed by atoms with E-state index in [9.17, 15) is 4.39 Å². The molecule has 0 radical (unpaired) electrons. The Morgan fingerprint density at radius 3 is 2.80 bits per heavy atom. The molecule has 2 rings (SSSR count). The smallest absolute Gasteiger partial charge is 0.124 e. The summed E-state index contributed by atoms with van der Waals surface area (Å²) in [6, 6.07) is 5.41. The molecule has 1 aromatic rings. The Hall–Kier alpha value is -0.450. The van der Waals surface area contributed by atoms with Crippen LogP contribution in [-0.2, 0) is 4.74 Å². The van der Waals surface area contributed by atoms with Gasteiger partial charge >= 0.3 is 0 Å². The Labute approximate surface area is 96.9 Å². The van der Waals surface area contributed by atoms with Crippen molar-refractivity contribution in [3.8, 4) is 0 Å². The SMILES string of the molecule is CC(NC1COC1)c1ccc(F)cc1Br. The van der Waals surface area contributed by atoms with Crippen molar-refractivity contribution in [1.29, 1.82) is 0 Å². The molecule has 0 spiro atoms. The summed E-state index contributed by atoms with van der Waals surface area (Å²) < 4.78 is 18.8. The molecule has 1 unspecified atom stereocenters. The maximum absolute atomic E-state index is 12.9. The van der Waals surface area contributed by atoms with Crippen LogP contribution in [0, 0.1) is 5.82 Å². The van der Waals surface area contributed by atoms with Gasteiger partial charge in [-0.3, -0.25) is 0 Å². The Kier molecular flexibility index (Phi) is 3.38. The van der Waals surface area contributed by atoms with Crippen molar-refractivity contribution < 1.29 is 9.13 Å². The van der Waals surface area contributed by atoms with Gasteiger partial charge in [0.05, 0.1) is 19.3 Å². The molecule has 0 aromatic heterocycles. The van der Waals surface area contributed by atoms with Crippen LogP contribution in [0.4, 0.5) is 4.39 Å². The summed E-state index contributed by atoms with van der Waals surface area (Å²) in [5.41, 5.74) is 1.07. The zero-order valence-corrected chi connectivity index (χ0v) is 10.1. The topological polar surface area (TPSA) is 21.3 Å². The largest absolute Gasteiger partial charge is 0.378 e. The average Bonchev–Trinajstić information content (AvgIpc) is 2.11. The van der Waals surface area contributed by atoms with E-state index in [1.54, 1.807) is 6.07 Å². The highest BCUT2D eigenvalue weighted by molar-refractivity contribution is 9.10. The van der Waals surface area contributed by atoms with E-state index >= 15 is 0 Å². The lowest BCUT2D eigenvalue weighted by molar-refractivity contribution is -0.00928. The molecule has 82 valence electrons. The van der Waals surface area contributed by atoms with Crippen LogP contribution in [0.25, 0.3) is 0 Å². The minimum atomic E-state index is -0.218. The zero-order chi connectivity index (χ0) is 10.8. The van der Waals surface area contributed by atoms with E-state index in [4.69, 9.17) is 4.74 Å². The number of halogens is 2. The summed E-state index contributed by atoms with van der Waals surface area (Å²) in [7, 11) is 0. The Morgan fingerprint density at radius 2 is 2.27 bits per heavy atom. The second-order valence-corrected chi connectivity index (χ2v) is 4.64. The van der Waals surface area contributed by atoms with E-state index in [0.29, 0.717) is 6.04 Å². The highest BCUT2D eigenvalue weighted by Crippen LogP contribution is 2.25. The summed E-state index contributed by atoms with van der Waals surface area (Å²) in [6.45, 7) is 3.60. The van der Waals surface area contributed by atoms with Gasteiger partial charge < -0.3 is 10.1 Å². The molecule has 2 nitrogen and oxygen atoms in total. The van der Waals surface area contributed by atoms with Gasteiger partial charge in [0.25, 0.3) is 0 Å². The van der Waals surface area contributed by atoms with Crippen LogP contribution in [0.2, 0.25) is 0 Å². The average molecular weight is 274 g/mol. The first-order chi connectivity index (χ1) is 7.16. The lowest BCUT2D eigenvalue weighted by Crippen LogP contribution is -2.46. The second kappa shape index (κ2) is 4.60. The van der Waals surface area contributed by atoms with Crippen molar-refractivity contribution in [3.05, 3.63) is 34.1 Å². The van der Waals surface area contributed by atoms with Crippen molar-refractivity contribution in [2.75, 3.05) is 13.2 Å². The predicted molar refractivity (Wildman–Crippen MR) is 60.3 cm³/mol. The van der Waals surface area contributed by atoms with Crippen LogP contribution < -0.4 is 5.32 Å². The van der Waals surface area contributed by atoms with E-state index in [-0.39, 0.29) is 11.9 Å². The molecule has 0 saturated carbocycles. The maximum Gasteiger partial charge on any atom is 0.124 e. The third-order valence-corrected chi connectivity index (χ3v) is 3.24. The maximum atomic E-state index is 12.9. The molecule has 1 aromatic carbocycles. The first-order valence-electron chi connectivity index (χ1n) is 4.95. The van der Waals surface area contributed by atoms with Crippen LogP contribution in [0.5, 0.6) is 0 Å². The minimum absolute atomic E-state index is 0.203. The van der Waals surface area contributed by atoms with Crippen LogP contribution >= 0.6 is 15.9 Å². The summed E-state index contributed by atoms with van der Waals surface area (Å²) in [5, 5.41) is 3.42. The van der Waals surface area contributed by atoms with Gasteiger partial charge in [0.2, 0.25) is 0 Å². The van der Waals surface area contributed by atoms with Crippen LogP contribution in [0.3, 0.4) is 0 Å². The molecule has 1 fully saturated rings. The lowest BCUT2D eigenvalue weighted by atomic mass is 10.1. The van der Waals surface area contributed by atoms with Crippen molar-refractivity contribution in [3.63, 3.8) is 0 Å². The Balaban J connectivity index is 2.06. The predicted octanol–water partition coefficient (Wildman–Crippen LogP) is 2.64. The van der Waals surface area contributed by atoms with Gasteiger partial charge in [-0.15, -0.1) is 0 Å². The molecule has 0 bridgehead atoms. The summed E-state index contributed by atoms with van der Waals surface area (Å²) in [4.78, 5) is 0. The molecule has 1 heterocycles. The Morgan fingerprint density at radius 1 is 1.53 bits per heavy atom. The van der Waals surface area contributed by atoms with E-state index < -0.39 is 0 Å². The molecule has 15 heavy (non-hydrogen) atoms. The minimum Gasteiger partial charge on any atom is -0.378 e. The van der Waals surface area contributed by atoms with E-state index in [1.807, 2.05) is 0 Å². The quantitative estimate of drug-likeness (QED) is 0.914. The van der Waals surface area contributed by atoms with Gasteiger partial charge in [0, 0.05) is 10.5 Å². The molecule has 1 aliphatic rings. The number of hydrogen-bond acceptors (Lipinski definition) is 2. The molecule has 1 aliphatic heterocycles. The standard InChI is InChI=1S/C11H13BrFNO/c1-7(14-9-5-15-6-9)10-3-2-8(13)4-11(10)12/h2-4,7,9,14H,5-6H2,1H3. The zero-order valence-electron chi connectivity index (χ0n) is 8.47. The number of benzene rings is 1. The molecule has 1 saturated heterocycles. The van der Waals surface area contributed by atoms with Crippen molar-refractivity contribution in [2.24, 2.45) is 0 Å². The van der Waals surface area contributed by atoms with Crippen LogP contribution in [0.1, 0.15) is 18.5 Å². The number of rotatable bonds is 3. The third-order valence-electron chi connectivity index (χ3n) is 2.55. The molecule has 0 aliphatic carbocycles. The lowest BCUT2D eigenvalue weighted by Gasteiger charge is -2.30. The Bertz CT molecular complexity index is 354. The van der Waals surface area contributed by atoms with Crippen molar-refractivity contribution in [1.82, 2.24) is 5.32 Å². The van der Waals surface area contributed by atoms with Crippen LogP contribution in [-0.4, -0.2) is 19.3 Å². The molecule has 0 amide bonds. The van der Waals surface area contributed by atoms with Gasteiger partial charge in [-0.05, 0) is 24.6 Å². The van der Waals surface area contributed by atoms with E-state index in [0.717, 1.165) is 23.2 Å². The number of ether oxygens (including phenoxy) is 1. The van der Waals surface area contributed by atoms with Crippen LogP contribution in [0.15, 0.2) is 22.7 Å². The fourth-order valence-corrected chi connectivity index (χ4v) is 2.32. The first-order valence-corrected chi connectivity index (χ1v) is 5.75. The van der Waals surface area contributed by atoms with Gasteiger partial charge in [-0.2, -0.15) is 0 Å². The second-order valence-electron chi connectivity index (χ2n) is 3.79. The van der Waals surface area contributed by atoms with Gasteiger partial charge in [-0.25, -0.2) is 4.39 Å². The number of nitrogens with one attached hydrogen (secondary N) is 1. The third kappa shape index (κ3) is 2.56. The molecule has 1 N–H and O–H groups in total. The van der Waals surface area contributed by atoms with Gasteiger partial charge in [-0.1, -0.05) is 22.0 Å². The molecule has 1 atom stereocenters. The van der Waals surface area contributed by atoms with Crippen molar-refractivity contribution >= 4 is 15.9 Å². The molecular formula is C11H13BrFNO. The highest BCUT2D eigenvalue weighted by Gasteiger charge is 2.21. The molecular weight excluding hydrogens is 261 g/mol. The van der Waals surface area contributed by atoms with Crippen molar-refractivity contribution in [2.45, 2.75) is 19.0 Å². The van der Waals surface area contributed by atoms with Gasteiger partial charge in [0.1, 0.15) is 5.82 Å². The summed E-state index contributed by atoms with van der Waals surface area (Å²) >= 11 is 3.37. The monoisotopic (exact) mass is 273 g/mol. The van der Waals surface area contributed by atoms with Gasteiger partial charge in [0.15, 0.2) is 0 Å². The van der Waals surface area contributed by atoms with E-state index in [1.165, 1.54) is 12.1 Å². The summed E-state index contributed by atoms with van der Waals surface area (Å²) in [6.07, 6.45) is 0. The first kappa shape index (κ1) is 11.0. The fraction of sp³-hybridized carbons (Fsp3) is 0.455. The highest BCUT2D eigenvalue weighted by atomic mass is 79.9. The number of hydrogen-bond donors (Lipinski definition) is 1. The normalized spacial score (nSPS) is 18.6. The summed E-state index contributed by atoms with van der Waals surface area (Å²) in [5.74, 6) is -0.218.